The van der Waals surface area contributed by atoms with Crippen molar-refractivity contribution in [1.29, 1.82) is 0 Å². The van der Waals surface area contributed by atoms with Crippen molar-refractivity contribution in [3.05, 3.63) is 151 Å². The number of imidazole rings is 1. The molecule has 8 rings (SSSR count). The fourth-order valence-corrected chi connectivity index (χ4v) is 6.13. The minimum atomic E-state index is 0. The van der Waals surface area contributed by atoms with Gasteiger partial charge in [0.25, 0.3) is 0 Å². The summed E-state index contributed by atoms with van der Waals surface area (Å²) in [5, 5.41) is 2.23. The van der Waals surface area contributed by atoms with Crippen LogP contribution in [0.5, 0.6) is 0 Å². The van der Waals surface area contributed by atoms with Crippen molar-refractivity contribution in [3.8, 4) is 28.3 Å². The summed E-state index contributed by atoms with van der Waals surface area (Å²) >= 11 is 0. The molecule has 0 atom stereocenters. The third-order valence-corrected chi connectivity index (χ3v) is 8.34. The van der Waals surface area contributed by atoms with Crippen LogP contribution in [-0.4, -0.2) is 14.5 Å². The summed E-state index contributed by atoms with van der Waals surface area (Å²) in [6.07, 6.45) is 1.78. The number of para-hydroxylation sites is 4. The Morgan fingerprint density at radius 3 is 2.11 bits per heavy atom. The summed E-state index contributed by atoms with van der Waals surface area (Å²) in [6, 6.07) is 47.6. The quantitative estimate of drug-likeness (QED) is 0.163. The number of hydrogen-bond acceptors (Lipinski definition) is 3. The first-order valence-corrected chi connectivity index (χ1v) is 15.8. The Kier molecular flexibility index (Phi) is 9.49. The molecule has 0 amide bonds. The maximum absolute atomic E-state index is 5.97. The summed E-state index contributed by atoms with van der Waals surface area (Å²) in [4.78, 5) is 9.37. The molecule has 0 aliphatic carbocycles. The number of hydrogen-bond donors (Lipinski definition) is 0. The summed E-state index contributed by atoms with van der Waals surface area (Å²) in [5.41, 5.74) is 10.7. The molecule has 0 aliphatic heterocycles. The topological polar surface area (TPSA) is 43.9 Å². The van der Waals surface area contributed by atoms with Crippen LogP contribution in [0.3, 0.4) is 0 Å². The molecule has 8 aromatic rings. The van der Waals surface area contributed by atoms with E-state index in [0.29, 0.717) is 11.8 Å². The van der Waals surface area contributed by atoms with Gasteiger partial charge in [0.05, 0.1) is 22.4 Å². The Bertz CT molecular complexity index is 2240. The molecule has 3 heterocycles. The molecule has 47 heavy (non-hydrogen) atoms. The number of aromatic nitrogens is 3. The third kappa shape index (κ3) is 6.17. The zero-order valence-corrected chi connectivity index (χ0v) is 29.3. The standard InChI is InChI=1S/C25H25N2.C17H10NO.Ir/c1-17(2)20-13-10-14-21(18(3)4)24(20)27-23-16-9-8-15-22(23)26-25(27)19-11-6-5-7-12-19;1-2-10-16-12(6-1)13-7-5-8-14(17(13)19-16)15-9-3-4-11-18-15;/h5-11,13-18H,1-4H3;1-7,9-11H;/q2*-1;. The van der Waals surface area contributed by atoms with E-state index in [0.717, 1.165) is 55.6 Å². The van der Waals surface area contributed by atoms with Gasteiger partial charge in [-0.25, -0.2) is 0 Å². The van der Waals surface area contributed by atoms with E-state index >= 15 is 0 Å². The molecule has 5 aromatic carbocycles. The number of rotatable bonds is 5. The maximum atomic E-state index is 5.97. The summed E-state index contributed by atoms with van der Waals surface area (Å²) in [6.45, 7) is 9.04. The van der Waals surface area contributed by atoms with E-state index < -0.39 is 0 Å². The van der Waals surface area contributed by atoms with Crippen LogP contribution in [0.15, 0.2) is 132 Å². The smallest absolute Gasteiger partial charge is 0.120 e. The zero-order chi connectivity index (χ0) is 31.6. The molecule has 1 radical (unpaired) electrons. The van der Waals surface area contributed by atoms with Gasteiger partial charge in [-0.15, -0.1) is 54.1 Å². The first-order chi connectivity index (χ1) is 22.5. The van der Waals surface area contributed by atoms with Gasteiger partial charge in [-0.3, -0.25) is 4.98 Å². The van der Waals surface area contributed by atoms with E-state index in [1.165, 1.54) is 16.8 Å². The Morgan fingerprint density at radius 2 is 1.38 bits per heavy atom. The fourth-order valence-electron chi connectivity index (χ4n) is 6.13. The van der Waals surface area contributed by atoms with E-state index in [4.69, 9.17) is 9.40 Å². The van der Waals surface area contributed by atoms with Gasteiger partial charge in [0.15, 0.2) is 0 Å². The Labute approximate surface area is 289 Å². The van der Waals surface area contributed by atoms with Crippen molar-refractivity contribution < 1.29 is 24.5 Å². The summed E-state index contributed by atoms with van der Waals surface area (Å²) in [5.74, 6) is 1.80. The molecule has 0 spiro atoms. The number of fused-ring (bicyclic) bond motifs is 4. The minimum absolute atomic E-state index is 0. The van der Waals surface area contributed by atoms with Crippen molar-refractivity contribution in [2.45, 2.75) is 39.5 Å². The number of pyridine rings is 1. The molecular weight excluding hydrogens is 755 g/mol. The molecule has 0 fully saturated rings. The van der Waals surface area contributed by atoms with Crippen molar-refractivity contribution in [1.82, 2.24) is 14.5 Å². The number of furan rings is 1. The first-order valence-electron chi connectivity index (χ1n) is 15.8. The largest absolute Gasteiger partial charge is 0.501 e. The molecule has 0 unspecified atom stereocenters. The molecule has 0 N–H and O–H groups in total. The normalized spacial score (nSPS) is 11.2. The van der Waals surface area contributed by atoms with Crippen LogP contribution in [0.2, 0.25) is 0 Å². The third-order valence-electron chi connectivity index (χ3n) is 8.34. The second-order valence-electron chi connectivity index (χ2n) is 12.0. The number of nitrogens with zero attached hydrogens (tertiary/aromatic N) is 3. The van der Waals surface area contributed by atoms with Crippen LogP contribution in [0.4, 0.5) is 0 Å². The molecule has 3 aromatic heterocycles. The molecule has 4 nitrogen and oxygen atoms in total. The number of benzene rings is 5. The minimum Gasteiger partial charge on any atom is -0.501 e. The van der Waals surface area contributed by atoms with Crippen molar-refractivity contribution in [2.75, 3.05) is 0 Å². The zero-order valence-electron chi connectivity index (χ0n) is 26.9. The molecule has 5 heteroatoms. The van der Waals surface area contributed by atoms with Gasteiger partial charge in [0.2, 0.25) is 0 Å². The maximum Gasteiger partial charge on any atom is 0.120 e. The average molecular weight is 790 g/mol. The van der Waals surface area contributed by atoms with Crippen LogP contribution in [0, 0.1) is 12.1 Å². The second-order valence-corrected chi connectivity index (χ2v) is 12.0. The van der Waals surface area contributed by atoms with Crippen LogP contribution < -0.4 is 0 Å². The predicted octanol–water partition coefficient (Wildman–Crippen LogP) is 11.2. The van der Waals surface area contributed by atoms with Crippen LogP contribution in [-0.2, 0) is 20.1 Å². The van der Waals surface area contributed by atoms with Gasteiger partial charge >= 0.3 is 0 Å². The van der Waals surface area contributed by atoms with Crippen molar-refractivity contribution in [3.63, 3.8) is 0 Å². The van der Waals surface area contributed by atoms with E-state index in [-0.39, 0.29) is 20.1 Å². The predicted molar refractivity (Wildman–Crippen MR) is 189 cm³/mol. The molecular formula is C42H35IrN3O-2. The van der Waals surface area contributed by atoms with E-state index in [9.17, 15) is 0 Å². The van der Waals surface area contributed by atoms with E-state index in [2.05, 4.69) is 104 Å². The molecule has 0 bridgehead atoms. The second kappa shape index (κ2) is 13.9. The first kappa shape index (κ1) is 32.1. The van der Waals surface area contributed by atoms with Gasteiger partial charge in [0.1, 0.15) is 5.58 Å². The molecule has 235 valence electrons. The van der Waals surface area contributed by atoms with Crippen molar-refractivity contribution >= 4 is 33.0 Å². The Hall–Kier alpha value is -4.83. The van der Waals surface area contributed by atoms with Gasteiger partial charge in [-0.1, -0.05) is 99.3 Å². The summed E-state index contributed by atoms with van der Waals surface area (Å²) in [7, 11) is 0. The molecule has 0 saturated carbocycles. The molecule has 0 saturated heterocycles. The SMILES string of the molecule is CC(C)c1cccc(C(C)C)c1-n1c(-c2[c-]cccc2)nc2ccccc21.[Ir].[c-]1ccc2c(oc3ccccc32)c1-c1ccccn1. The van der Waals surface area contributed by atoms with Crippen LogP contribution in [0.1, 0.15) is 50.7 Å². The van der Waals surface area contributed by atoms with Gasteiger partial charge in [-0.2, -0.15) is 0 Å². The van der Waals surface area contributed by atoms with E-state index in [1.54, 1.807) is 6.20 Å². The Morgan fingerprint density at radius 1 is 0.660 bits per heavy atom. The average Bonchev–Trinajstić information content (AvgIpc) is 3.68. The molecule has 0 aliphatic rings. The van der Waals surface area contributed by atoms with Crippen LogP contribution in [0.25, 0.3) is 61.3 Å². The monoisotopic (exact) mass is 790 g/mol. The van der Waals surface area contributed by atoms with Crippen LogP contribution >= 0.6 is 0 Å². The van der Waals surface area contributed by atoms with Gasteiger partial charge in [0, 0.05) is 37.4 Å². The van der Waals surface area contributed by atoms with Gasteiger partial charge < -0.3 is 14.0 Å². The summed E-state index contributed by atoms with van der Waals surface area (Å²) < 4.78 is 8.31. The van der Waals surface area contributed by atoms with E-state index in [1.807, 2.05) is 66.7 Å². The van der Waals surface area contributed by atoms with Crippen molar-refractivity contribution in [2.24, 2.45) is 0 Å². The Balaban J connectivity index is 0.000000170. The fraction of sp³-hybridized carbons (Fsp3) is 0.143. The van der Waals surface area contributed by atoms with Gasteiger partial charge in [-0.05, 0) is 52.9 Å².